The van der Waals surface area contributed by atoms with Crippen LogP contribution >= 0.6 is 11.3 Å². The van der Waals surface area contributed by atoms with Crippen molar-refractivity contribution in [2.75, 3.05) is 0 Å². The highest BCUT2D eigenvalue weighted by Gasteiger charge is 2.21. The van der Waals surface area contributed by atoms with E-state index in [2.05, 4.69) is 0 Å². The molecule has 1 atom stereocenters. The first-order chi connectivity index (χ1) is 6.79. The summed E-state index contributed by atoms with van der Waals surface area (Å²) in [4.78, 5) is 11.9. The van der Waals surface area contributed by atoms with Crippen LogP contribution in [-0.2, 0) is 4.79 Å². The van der Waals surface area contributed by atoms with E-state index in [0.29, 0.717) is 0 Å². The molecular weight excluding hydrogens is 198 g/mol. The van der Waals surface area contributed by atoms with E-state index in [0.717, 1.165) is 4.88 Å². The Kier molecular flexibility index (Phi) is 2.37. The predicted molar refractivity (Wildman–Crippen MR) is 54.5 cm³/mol. The number of rotatable bonds is 3. The summed E-state index contributed by atoms with van der Waals surface area (Å²) < 4.78 is 1.69. The topological polar surface area (TPSA) is 42.2 Å². The lowest BCUT2D eigenvalue weighted by Crippen LogP contribution is -2.17. The first-order valence-corrected chi connectivity index (χ1v) is 5.05. The van der Waals surface area contributed by atoms with Crippen LogP contribution in [0.4, 0.5) is 0 Å². The van der Waals surface area contributed by atoms with E-state index in [1.807, 2.05) is 29.6 Å². The third-order valence-electron chi connectivity index (χ3n) is 1.97. The molecule has 0 saturated heterocycles. The molecule has 3 nitrogen and oxygen atoms in total. The number of hydrogen-bond donors (Lipinski definition) is 1. The molecule has 0 aliphatic carbocycles. The minimum atomic E-state index is -0.830. The molecule has 0 unspecified atom stereocenters. The van der Waals surface area contributed by atoms with Gasteiger partial charge in [-0.05, 0) is 23.6 Å². The van der Waals surface area contributed by atoms with Crippen molar-refractivity contribution in [2.45, 2.75) is 6.04 Å². The van der Waals surface area contributed by atoms with E-state index < -0.39 is 12.0 Å². The molecule has 1 N–H and O–H groups in total. The lowest BCUT2D eigenvalue weighted by atomic mass is 10.2. The first-order valence-electron chi connectivity index (χ1n) is 4.17. The molecule has 2 aromatic heterocycles. The van der Waals surface area contributed by atoms with Crippen LogP contribution in [0.25, 0.3) is 0 Å². The van der Waals surface area contributed by atoms with Gasteiger partial charge in [0, 0.05) is 17.3 Å². The summed E-state index contributed by atoms with van der Waals surface area (Å²) in [7, 11) is 0. The number of thiophene rings is 1. The lowest BCUT2D eigenvalue weighted by molar-refractivity contribution is -0.139. The lowest BCUT2D eigenvalue weighted by Gasteiger charge is -2.11. The number of carbonyl (C=O) groups is 1. The van der Waals surface area contributed by atoms with E-state index in [1.165, 1.54) is 11.3 Å². The van der Waals surface area contributed by atoms with Crippen molar-refractivity contribution in [3.8, 4) is 0 Å². The van der Waals surface area contributed by atoms with E-state index in [-0.39, 0.29) is 0 Å². The zero-order chi connectivity index (χ0) is 9.97. The monoisotopic (exact) mass is 207 g/mol. The van der Waals surface area contributed by atoms with Crippen LogP contribution in [0.2, 0.25) is 0 Å². The summed E-state index contributed by atoms with van der Waals surface area (Å²) in [6, 6.07) is 6.75. The van der Waals surface area contributed by atoms with Crippen molar-refractivity contribution >= 4 is 17.3 Å². The highest BCUT2D eigenvalue weighted by atomic mass is 32.1. The van der Waals surface area contributed by atoms with Crippen LogP contribution in [0.5, 0.6) is 0 Å². The summed E-state index contributed by atoms with van der Waals surface area (Å²) in [5.74, 6) is -0.830. The maximum absolute atomic E-state index is 11.1. The Labute approximate surface area is 85.2 Å². The van der Waals surface area contributed by atoms with Crippen molar-refractivity contribution < 1.29 is 9.90 Å². The second kappa shape index (κ2) is 3.67. The van der Waals surface area contributed by atoms with Gasteiger partial charge in [-0.3, -0.25) is 0 Å². The number of carboxylic acid groups (broad SMARTS) is 1. The Bertz CT molecular complexity index is 371. The molecule has 0 saturated carbocycles. The molecule has 0 aliphatic heterocycles. The highest BCUT2D eigenvalue weighted by Crippen LogP contribution is 2.23. The van der Waals surface area contributed by atoms with Gasteiger partial charge in [-0.25, -0.2) is 4.79 Å². The molecule has 0 bridgehead atoms. The first kappa shape index (κ1) is 9.02. The van der Waals surface area contributed by atoms with Crippen molar-refractivity contribution in [3.05, 3.63) is 46.9 Å². The molecule has 0 aliphatic rings. The number of carboxylic acids is 1. The second-order valence-electron chi connectivity index (χ2n) is 2.89. The third-order valence-corrected chi connectivity index (χ3v) is 2.90. The summed E-state index contributed by atoms with van der Waals surface area (Å²) >= 11 is 1.46. The quantitative estimate of drug-likeness (QED) is 0.838. The Hall–Kier alpha value is -1.55. The van der Waals surface area contributed by atoms with Gasteiger partial charge in [-0.1, -0.05) is 6.07 Å². The average molecular weight is 207 g/mol. The minimum absolute atomic E-state index is 0.593. The SMILES string of the molecule is O=C(O)[C@@H](c1cccs1)n1cccc1. The molecule has 0 radical (unpaired) electrons. The molecule has 2 rings (SSSR count). The molecule has 14 heavy (non-hydrogen) atoms. The summed E-state index contributed by atoms with van der Waals surface area (Å²) in [6.07, 6.45) is 3.52. The van der Waals surface area contributed by atoms with Crippen LogP contribution in [-0.4, -0.2) is 15.6 Å². The summed E-state index contributed by atoms with van der Waals surface area (Å²) in [5, 5.41) is 11.0. The van der Waals surface area contributed by atoms with Crippen LogP contribution in [0.3, 0.4) is 0 Å². The largest absolute Gasteiger partial charge is 0.479 e. The van der Waals surface area contributed by atoms with Gasteiger partial charge in [0.05, 0.1) is 0 Å². The molecule has 2 heterocycles. The molecule has 0 fully saturated rings. The van der Waals surface area contributed by atoms with Gasteiger partial charge in [-0.2, -0.15) is 0 Å². The molecule has 0 aromatic carbocycles. The van der Waals surface area contributed by atoms with Gasteiger partial charge >= 0.3 is 5.97 Å². The maximum Gasteiger partial charge on any atom is 0.332 e. The van der Waals surface area contributed by atoms with E-state index in [4.69, 9.17) is 5.11 Å². The Morgan fingerprint density at radius 2 is 2.07 bits per heavy atom. The zero-order valence-electron chi connectivity index (χ0n) is 7.33. The van der Waals surface area contributed by atoms with Gasteiger partial charge in [0.2, 0.25) is 0 Å². The number of aliphatic carboxylic acids is 1. The van der Waals surface area contributed by atoms with E-state index in [1.54, 1.807) is 17.0 Å². The van der Waals surface area contributed by atoms with Crippen LogP contribution in [0.1, 0.15) is 10.9 Å². The smallest absolute Gasteiger partial charge is 0.332 e. The number of hydrogen-bond acceptors (Lipinski definition) is 2. The number of aromatic nitrogens is 1. The summed E-state index contributed by atoms with van der Waals surface area (Å²) in [5.41, 5.74) is 0. The van der Waals surface area contributed by atoms with Crippen molar-refractivity contribution in [3.63, 3.8) is 0 Å². The average Bonchev–Trinajstić information content (AvgIpc) is 2.75. The van der Waals surface area contributed by atoms with Gasteiger partial charge in [0.15, 0.2) is 6.04 Å². The minimum Gasteiger partial charge on any atom is -0.479 e. The molecule has 0 spiro atoms. The van der Waals surface area contributed by atoms with Crippen LogP contribution < -0.4 is 0 Å². The zero-order valence-corrected chi connectivity index (χ0v) is 8.15. The second-order valence-corrected chi connectivity index (χ2v) is 3.87. The fourth-order valence-electron chi connectivity index (χ4n) is 1.36. The molecule has 0 amide bonds. The fraction of sp³-hybridized carbons (Fsp3) is 0.100. The normalized spacial score (nSPS) is 12.6. The standard InChI is InChI=1S/C10H9NO2S/c12-10(13)9(8-4-3-7-14-8)11-5-1-2-6-11/h1-7,9H,(H,12,13)/t9-/m1/s1. The maximum atomic E-state index is 11.1. The molecule has 72 valence electrons. The third kappa shape index (κ3) is 1.56. The van der Waals surface area contributed by atoms with E-state index >= 15 is 0 Å². The predicted octanol–water partition coefficient (Wildman–Crippen LogP) is 2.22. The van der Waals surface area contributed by atoms with Gasteiger partial charge in [0.1, 0.15) is 0 Å². The van der Waals surface area contributed by atoms with Gasteiger partial charge in [0.25, 0.3) is 0 Å². The van der Waals surface area contributed by atoms with Crippen molar-refractivity contribution in [2.24, 2.45) is 0 Å². The number of nitrogens with zero attached hydrogens (tertiary/aromatic N) is 1. The van der Waals surface area contributed by atoms with E-state index in [9.17, 15) is 4.79 Å². The summed E-state index contributed by atoms with van der Waals surface area (Å²) in [6.45, 7) is 0. The Morgan fingerprint density at radius 3 is 2.57 bits per heavy atom. The van der Waals surface area contributed by atoms with Crippen LogP contribution in [0, 0.1) is 0 Å². The van der Waals surface area contributed by atoms with Crippen LogP contribution in [0.15, 0.2) is 42.0 Å². The molecule has 4 heteroatoms. The van der Waals surface area contributed by atoms with Gasteiger partial charge in [-0.15, -0.1) is 11.3 Å². The Morgan fingerprint density at radius 1 is 1.36 bits per heavy atom. The molecular formula is C10H9NO2S. The molecule has 2 aromatic rings. The van der Waals surface area contributed by atoms with Crippen molar-refractivity contribution in [1.29, 1.82) is 0 Å². The fourth-order valence-corrected chi connectivity index (χ4v) is 2.19. The Balaban J connectivity index is 2.40. The van der Waals surface area contributed by atoms with Crippen molar-refractivity contribution in [1.82, 2.24) is 4.57 Å². The highest BCUT2D eigenvalue weighted by molar-refractivity contribution is 7.10. The van der Waals surface area contributed by atoms with Gasteiger partial charge < -0.3 is 9.67 Å².